The molecule has 0 N–H and O–H groups in total. The summed E-state index contributed by atoms with van der Waals surface area (Å²) in [5, 5.41) is 2.13. The Morgan fingerprint density at radius 3 is 2.94 bits per heavy atom. The summed E-state index contributed by atoms with van der Waals surface area (Å²) in [6.45, 7) is 9.53. The first kappa shape index (κ1) is 12.6. The van der Waals surface area contributed by atoms with Crippen molar-refractivity contribution in [3.05, 3.63) is 20.8 Å². The predicted molar refractivity (Wildman–Crippen MR) is 71.9 cm³/mol. The molecule has 1 aromatic rings. The summed E-state index contributed by atoms with van der Waals surface area (Å²) in [6.07, 6.45) is 0.322. The van der Waals surface area contributed by atoms with Crippen molar-refractivity contribution in [2.24, 2.45) is 0 Å². The van der Waals surface area contributed by atoms with E-state index in [1.807, 2.05) is 11.3 Å². The summed E-state index contributed by atoms with van der Waals surface area (Å²) in [5.41, 5.74) is -0.0264. The molecule has 1 aliphatic heterocycles. The van der Waals surface area contributed by atoms with Crippen LogP contribution in [-0.4, -0.2) is 29.7 Å². The quantitative estimate of drug-likeness (QED) is 0.829. The Labute approximate surface area is 110 Å². The Morgan fingerprint density at radius 2 is 2.38 bits per heavy atom. The molecule has 1 aliphatic rings. The number of halogens is 1. The van der Waals surface area contributed by atoms with Gasteiger partial charge in [-0.15, -0.1) is 11.3 Å². The SMILES string of the molecule is CC1CN(Cc2sccc2Br)CC(C)(C)O1. The van der Waals surface area contributed by atoms with Crippen LogP contribution in [0.1, 0.15) is 25.6 Å². The molecule has 0 aromatic carbocycles. The molecule has 0 bridgehead atoms. The fourth-order valence-electron chi connectivity index (χ4n) is 2.35. The highest BCUT2D eigenvalue weighted by atomic mass is 79.9. The lowest BCUT2D eigenvalue weighted by Gasteiger charge is -2.41. The van der Waals surface area contributed by atoms with Crippen LogP contribution < -0.4 is 0 Å². The zero-order valence-corrected chi connectivity index (χ0v) is 12.4. The van der Waals surface area contributed by atoms with E-state index in [4.69, 9.17) is 4.74 Å². The van der Waals surface area contributed by atoms with Crippen molar-refractivity contribution >= 4 is 27.3 Å². The van der Waals surface area contributed by atoms with E-state index in [1.165, 1.54) is 9.35 Å². The number of nitrogens with zero attached hydrogens (tertiary/aromatic N) is 1. The number of rotatable bonds is 2. The molecule has 1 aromatic heterocycles. The maximum absolute atomic E-state index is 5.90. The minimum Gasteiger partial charge on any atom is -0.370 e. The van der Waals surface area contributed by atoms with Crippen LogP contribution in [0.5, 0.6) is 0 Å². The van der Waals surface area contributed by atoms with Crippen molar-refractivity contribution in [3.8, 4) is 0 Å². The van der Waals surface area contributed by atoms with Gasteiger partial charge >= 0.3 is 0 Å². The fourth-order valence-corrected chi connectivity index (χ4v) is 3.87. The Kier molecular flexibility index (Phi) is 3.74. The minimum absolute atomic E-state index is 0.0264. The van der Waals surface area contributed by atoms with Crippen LogP contribution in [0.25, 0.3) is 0 Å². The third kappa shape index (κ3) is 3.06. The first-order valence-corrected chi connectivity index (χ1v) is 7.25. The van der Waals surface area contributed by atoms with E-state index >= 15 is 0 Å². The monoisotopic (exact) mass is 303 g/mol. The van der Waals surface area contributed by atoms with Crippen LogP contribution in [-0.2, 0) is 11.3 Å². The van der Waals surface area contributed by atoms with Crippen LogP contribution in [0.15, 0.2) is 15.9 Å². The maximum Gasteiger partial charge on any atom is 0.0757 e. The second-order valence-corrected chi connectivity index (χ2v) is 6.90. The molecular weight excluding hydrogens is 286 g/mol. The zero-order chi connectivity index (χ0) is 11.8. The fraction of sp³-hybridized carbons (Fsp3) is 0.667. The first-order valence-electron chi connectivity index (χ1n) is 5.58. The van der Waals surface area contributed by atoms with Crippen LogP contribution in [0.4, 0.5) is 0 Å². The Morgan fingerprint density at radius 1 is 1.62 bits per heavy atom. The van der Waals surface area contributed by atoms with Gasteiger partial charge in [0, 0.05) is 29.0 Å². The molecule has 1 fully saturated rings. The number of morpholine rings is 1. The summed E-state index contributed by atoms with van der Waals surface area (Å²) in [5.74, 6) is 0. The Bertz CT molecular complexity index is 364. The van der Waals surface area contributed by atoms with E-state index in [-0.39, 0.29) is 5.60 Å². The van der Waals surface area contributed by atoms with Gasteiger partial charge in [-0.25, -0.2) is 0 Å². The van der Waals surface area contributed by atoms with Gasteiger partial charge in [-0.3, -0.25) is 4.90 Å². The molecule has 0 amide bonds. The summed E-state index contributed by atoms with van der Waals surface area (Å²) in [6, 6.07) is 2.12. The summed E-state index contributed by atoms with van der Waals surface area (Å²) in [4.78, 5) is 3.88. The average molecular weight is 304 g/mol. The molecule has 4 heteroatoms. The summed E-state index contributed by atoms with van der Waals surface area (Å²) >= 11 is 5.40. The highest BCUT2D eigenvalue weighted by Crippen LogP contribution is 2.27. The van der Waals surface area contributed by atoms with Gasteiger partial charge in [-0.2, -0.15) is 0 Å². The minimum atomic E-state index is -0.0264. The van der Waals surface area contributed by atoms with Crippen LogP contribution in [0.2, 0.25) is 0 Å². The molecule has 2 nitrogen and oxygen atoms in total. The van der Waals surface area contributed by atoms with Crippen molar-refractivity contribution in [1.82, 2.24) is 4.90 Å². The predicted octanol–water partition coefficient (Wildman–Crippen LogP) is 3.51. The second kappa shape index (κ2) is 4.77. The summed E-state index contributed by atoms with van der Waals surface area (Å²) in [7, 11) is 0. The van der Waals surface area contributed by atoms with Crippen molar-refractivity contribution in [2.45, 2.75) is 39.0 Å². The van der Waals surface area contributed by atoms with Crippen LogP contribution >= 0.6 is 27.3 Å². The molecule has 1 atom stereocenters. The van der Waals surface area contributed by atoms with Crippen molar-refractivity contribution in [2.75, 3.05) is 13.1 Å². The van der Waals surface area contributed by atoms with Crippen molar-refractivity contribution < 1.29 is 4.74 Å². The van der Waals surface area contributed by atoms with E-state index in [1.54, 1.807) is 0 Å². The lowest BCUT2D eigenvalue weighted by molar-refractivity contribution is -0.130. The van der Waals surface area contributed by atoms with Gasteiger partial charge < -0.3 is 4.74 Å². The lowest BCUT2D eigenvalue weighted by Crippen LogP contribution is -2.51. The van der Waals surface area contributed by atoms with Gasteiger partial charge in [0.05, 0.1) is 11.7 Å². The van der Waals surface area contributed by atoms with Crippen molar-refractivity contribution in [3.63, 3.8) is 0 Å². The standard InChI is InChI=1S/C12H18BrNOS/c1-9-6-14(8-12(2,3)15-9)7-11-10(13)4-5-16-11/h4-5,9H,6-8H2,1-3H3. The van der Waals surface area contributed by atoms with Gasteiger partial charge in [0.15, 0.2) is 0 Å². The van der Waals surface area contributed by atoms with E-state index in [2.05, 4.69) is 53.0 Å². The molecule has 0 spiro atoms. The maximum atomic E-state index is 5.90. The van der Waals surface area contributed by atoms with Gasteiger partial charge in [0.2, 0.25) is 0 Å². The number of hydrogen-bond acceptors (Lipinski definition) is 3. The van der Waals surface area contributed by atoms with Crippen LogP contribution in [0, 0.1) is 0 Å². The molecule has 0 radical (unpaired) electrons. The number of thiophene rings is 1. The highest BCUT2D eigenvalue weighted by molar-refractivity contribution is 9.10. The average Bonchev–Trinajstić information content (AvgIpc) is 2.48. The third-order valence-corrected chi connectivity index (χ3v) is 4.61. The van der Waals surface area contributed by atoms with E-state index < -0.39 is 0 Å². The smallest absolute Gasteiger partial charge is 0.0757 e. The molecule has 1 saturated heterocycles. The normalized spacial score (nSPS) is 25.9. The van der Waals surface area contributed by atoms with Gasteiger partial charge in [-0.05, 0) is 48.1 Å². The van der Waals surface area contributed by atoms with E-state index in [0.717, 1.165) is 19.6 Å². The number of ether oxygens (including phenoxy) is 1. The molecule has 16 heavy (non-hydrogen) atoms. The molecule has 90 valence electrons. The number of hydrogen-bond donors (Lipinski definition) is 0. The molecule has 0 aliphatic carbocycles. The van der Waals surface area contributed by atoms with Gasteiger partial charge in [0.1, 0.15) is 0 Å². The van der Waals surface area contributed by atoms with E-state index in [9.17, 15) is 0 Å². The molecule has 2 rings (SSSR count). The third-order valence-electron chi connectivity index (χ3n) is 2.70. The topological polar surface area (TPSA) is 12.5 Å². The van der Waals surface area contributed by atoms with E-state index in [0.29, 0.717) is 6.10 Å². The Hall–Kier alpha value is 0.1000. The zero-order valence-electron chi connectivity index (χ0n) is 10.00. The second-order valence-electron chi connectivity index (χ2n) is 5.05. The molecule has 2 heterocycles. The first-order chi connectivity index (χ1) is 7.46. The van der Waals surface area contributed by atoms with Gasteiger partial charge in [0.25, 0.3) is 0 Å². The lowest BCUT2D eigenvalue weighted by atomic mass is 10.1. The Balaban J connectivity index is 2.02. The molecule has 0 saturated carbocycles. The largest absolute Gasteiger partial charge is 0.370 e. The highest BCUT2D eigenvalue weighted by Gasteiger charge is 2.31. The van der Waals surface area contributed by atoms with Crippen molar-refractivity contribution in [1.29, 1.82) is 0 Å². The summed E-state index contributed by atoms with van der Waals surface area (Å²) < 4.78 is 7.13. The van der Waals surface area contributed by atoms with Crippen LogP contribution in [0.3, 0.4) is 0 Å². The molecule has 1 unspecified atom stereocenters. The van der Waals surface area contributed by atoms with Gasteiger partial charge in [-0.1, -0.05) is 0 Å². The molecular formula is C12H18BrNOS.